The molecule has 1 aromatic carbocycles. The van der Waals surface area contributed by atoms with Crippen molar-refractivity contribution in [2.24, 2.45) is 7.05 Å². The first-order chi connectivity index (χ1) is 11.6. The van der Waals surface area contributed by atoms with E-state index in [0.29, 0.717) is 11.0 Å². The summed E-state index contributed by atoms with van der Waals surface area (Å²) in [5.41, 5.74) is 2.78. The quantitative estimate of drug-likeness (QED) is 0.736. The van der Waals surface area contributed by atoms with Crippen LogP contribution in [0.3, 0.4) is 0 Å². The van der Waals surface area contributed by atoms with Gasteiger partial charge in [0.1, 0.15) is 0 Å². The van der Waals surface area contributed by atoms with Crippen LogP contribution in [0.4, 0.5) is 5.95 Å². The Hall–Kier alpha value is -2.92. The van der Waals surface area contributed by atoms with Crippen LogP contribution in [-0.2, 0) is 11.8 Å². The number of carbonyl (C=O) groups is 1. The van der Waals surface area contributed by atoms with Crippen LogP contribution in [0.1, 0.15) is 5.56 Å². The van der Waals surface area contributed by atoms with Crippen LogP contribution in [0.2, 0.25) is 5.02 Å². The van der Waals surface area contributed by atoms with Crippen LogP contribution in [-0.4, -0.2) is 20.4 Å². The van der Waals surface area contributed by atoms with Crippen molar-refractivity contribution in [2.45, 2.75) is 0 Å². The molecule has 0 aliphatic rings. The normalized spacial score (nSPS) is 10.9. The van der Waals surface area contributed by atoms with Gasteiger partial charge in [0.25, 0.3) is 5.91 Å². The van der Waals surface area contributed by atoms with E-state index < -0.39 is 0 Å². The Balaban J connectivity index is 1.71. The van der Waals surface area contributed by atoms with Crippen molar-refractivity contribution < 1.29 is 4.79 Å². The Kier molecular flexibility index (Phi) is 4.72. The maximum absolute atomic E-state index is 12.1. The first-order valence-corrected chi connectivity index (χ1v) is 7.68. The molecule has 0 saturated heterocycles. The molecule has 24 heavy (non-hydrogen) atoms. The fourth-order valence-electron chi connectivity index (χ4n) is 2.21. The molecule has 0 aliphatic carbocycles. The van der Waals surface area contributed by atoms with E-state index in [0.717, 1.165) is 16.8 Å². The molecule has 0 atom stereocenters. The summed E-state index contributed by atoms with van der Waals surface area (Å²) in [5, 5.41) is 3.43. The minimum atomic E-state index is -0.250. The summed E-state index contributed by atoms with van der Waals surface area (Å²) in [4.78, 5) is 20.3. The Morgan fingerprint density at radius 3 is 2.58 bits per heavy atom. The second-order valence-electron chi connectivity index (χ2n) is 5.14. The van der Waals surface area contributed by atoms with Gasteiger partial charge in [-0.3, -0.25) is 15.1 Å². The molecule has 1 amide bonds. The van der Waals surface area contributed by atoms with Gasteiger partial charge in [0.05, 0.1) is 11.9 Å². The Labute approximate surface area is 144 Å². The van der Waals surface area contributed by atoms with E-state index in [1.54, 1.807) is 36.8 Å². The number of benzene rings is 1. The molecule has 0 fully saturated rings. The van der Waals surface area contributed by atoms with E-state index in [2.05, 4.69) is 15.3 Å². The number of hydrogen-bond donors (Lipinski definition) is 1. The first kappa shape index (κ1) is 16.0. The van der Waals surface area contributed by atoms with Crippen molar-refractivity contribution in [3.05, 3.63) is 71.7 Å². The van der Waals surface area contributed by atoms with Gasteiger partial charge < -0.3 is 4.57 Å². The molecule has 0 bridgehead atoms. The summed E-state index contributed by atoms with van der Waals surface area (Å²) >= 11 is 5.83. The summed E-state index contributed by atoms with van der Waals surface area (Å²) in [6.45, 7) is 0. The molecule has 3 rings (SSSR count). The maximum Gasteiger partial charge on any atom is 0.250 e. The molecule has 0 unspecified atom stereocenters. The van der Waals surface area contributed by atoms with Gasteiger partial charge in [-0.2, -0.15) is 0 Å². The maximum atomic E-state index is 12.1. The number of imidazole rings is 1. The number of anilines is 1. The molecule has 120 valence electrons. The predicted octanol–water partition coefficient (Wildman–Crippen LogP) is 3.79. The molecule has 0 spiro atoms. The van der Waals surface area contributed by atoms with Crippen molar-refractivity contribution in [1.29, 1.82) is 0 Å². The lowest BCUT2D eigenvalue weighted by Crippen LogP contribution is -2.12. The highest BCUT2D eigenvalue weighted by Gasteiger charge is 2.09. The lowest BCUT2D eigenvalue weighted by atomic mass is 10.2. The highest BCUT2D eigenvalue weighted by molar-refractivity contribution is 6.30. The molecule has 3 aromatic rings. The summed E-state index contributed by atoms with van der Waals surface area (Å²) in [6, 6.07) is 11.0. The van der Waals surface area contributed by atoms with E-state index in [1.807, 2.05) is 35.9 Å². The molecule has 0 aliphatic heterocycles. The van der Waals surface area contributed by atoms with Crippen molar-refractivity contribution >= 4 is 29.5 Å². The Morgan fingerprint density at radius 2 is 1.88 bits per heavy atom. The van der Waals surface area contributed by atoms with E-state index >= 15 is 0 Å². The van der Waals surface area contributed by atoms with Crippen LogP contribution in [0, 0.1) is 0 Å². The number of aromatic nitrogens is 3. The molecule has 6 heteroatoms. The minimum Gasteiger partial charge on any atom is -0.313 e. The average Bonchev–Trinajstić information content (AvgIpc) is 2.96. The van der Waals surface area contributed by atoms with Crippen molar-refractivity contribution in [3.63, 3.8) is 0 Å². The third kappa shape index (κ3) is 3.70. The van der Waals surface area contributed by atoms with Crippen LogP contribution in [0.15, 0.2) is 61.1 Å². The third-order valence-electron chi connectivity index (χ3n) is 3.50. The number of rotatable bonds is 4. The second kappa shape index (κ2) is 7.10. The van der Waals surface area contributed by atoms with Gasteiger partial charge in [-0.15, -0.1) is 0 Å². The molecule has 2 aromatic heterocycles. The van der Waals surface area contributed by atoms with Crippen molar-refractivity contribution in [3.8, 4) is 11.3 Å². The van der Waals surface area contributed by atoms with Gasteiger partial charge in [-0.05, 0) is 35.9 Å². The number of nitrogens with zero attached hydrogens (tertiary/aromatic N) is 3. The highest BCUT2D eigenvalue weighted by atomic mass is 35.5. The number of halogens is 1. The molecule has 1 N–H and O–H groups in total. The van der Waals surface area contributed by atoms with E-state index in [1.165, 1.54) is 6.08 Å². The zero-order valence-corrected chi connectivity index (χ0v) is 13.7. The van der Waals surface area contributed by atoms with Gasteiger partial charge in [0, 0.05) is 36.1 Å². The molecular weight excluding hydrogens is 324 g/mol. The number of amides is 1. The van der Waals surface area contributed by atoms with E-state index in [9.17, 15) is 4.79 Å². The fraction of sp³-hybridized carbons (Fsp3) is 0.0556. The first-order valence-electron chi connectivity index (χ1n) is 7.30. The zero-order valence-electron chi connectivity index (χ0n) is 13.0. The number of carbonyl (C=O) groups excluding carboxylic acids is 1. The summed E-state index contributed by atoms with van der Waals surface area (Å²) in [7, 11) is 1.85. The molecule has 0 saturated carbocycles. The summed E-state index contributed by atoms with van der Waals surface area (Å²) < 4.78 is 1.82. The van der Waals surface area contributed by atoms with Crippen LogP contribution >= 0.6 is 11.6 Å². The van der Waals surface area contributed by atoms with Crippen molar-refractivity contribution in [1.82, 2.24) is 14.5 Å². The van der Waals surface area contributed by atoms with Gasteiger partial charge in [-0.1, -0.05) is 23.7 Å². The topological polar surface area (TPSA) is 59.8 Å². The number of hydrogen-bond acceptors (Lipinski definition) is 3. The zero-order chi connectivity index (χ0) is 16.9. The van der Waals surface area contributed by atoms with Crippen LogP contribution in [0.5, 0.6) is 0 Å². The third-order valence-corrected chi connectivity index (χ3v) is 3.75. The minimum absolute atomic E-state index is 0.250. The smallest absolute Gasteiger partial charge is 0.250 e. The lowest BCUT2D eigenvalue weighted by molar-refractivity contribution is -0.111. The molecule has 2 heterocycles. The lowest BCUT2D eigenvalue weighted by Gasteiger charge is -2.06. The fourth-order valence-corrected chi connectivity index (χ4v) is 2.34. The largest absolute Gasteiger partial charge is 0.313 e. The van der Waals surface area contributed by atoms with Crippen LogP contribution in [0.25, 0.3) is 17.3 Å². The van der Waals surface area contributed by atoms with Gasteiger partial charge in [0.15, 0.2) is 0 Å². The average molecular weight is 339 g/mol. The number of nitrogens with one attached hydrogen (secondary N) is 1. The summed E-state index contributed by atoms with van der Waals surface area (Å²) in [6.07, 6.45) is 8.33. The predicted molar refractivity (Wildman–Crippen MR) is 95.6 cm³/mol. The molecule has 5 nitrogen and oxygen atoms in total. The standard InChI is InChI=1S/C18H15ClN4O/c1-23-16(14-8-10-20-11-9-14)12-21-18(23)22-17(24)7-4-13-2-5-15(19)6-3-13/h2-12H,1H3,(H,21,22,24). The van der Waals surface area contributed by atoms with E-state index in [4.69, 9.17) is 11.6 Å². The Bertz CT molecular complexity index is 870. The summed E-state index contributed by atoms with van der Waals surface area (Å²) in [5.74, 6) is 0.229. The molecule has 0 radical (unpaired) electrons. The monoisotopic (exact) mass is 338 g/mol. The second-order valence-corrected chi connectivity index (χ2v) is 5.57. The van der Waals surface area contributed by atoms with Gasteiger partial charge in [-0.25, -0.2) is 4.98 Å². The van der Waals surface area contributed by atoms with Crippen molar-refractivity contribution in [2.75, 3.05) is 5.32 Å². The van der Waals surface area contributed by atoms with Crippen LogP contribution < -0.4 is 5.32 Å². The highest BCUT2D eigenvalue weighted by Crippen LogP contribution is 2.21. The van der Waals surface area contributed by atoms with Gasteiger partial charge in [0.2, 0.25) is 5.95 Å². The number of pyridine rings is 1. The Morgan fingerprint density at radius 1 is 1.17 bits per heavy atom. The molecular formula is C18H15ClN4O. The van der Waals surface area contributed by atoms with E-state index in [-0.39, 0.29) is 5.91 Å². The van der Waals surface area contributed by atoms with Gasteiger partial charge >= 0.3 is 0 Å². The SMILES string of the molecule is Cn1c(-c2ccncc2)cnc1NC(=O)C=Cc1ccc(Cl)cc1.